The van der Waals surface area contributed by atoms with Crippen molar-refractivity contribution in [2.75, 3.05) is 16.8 Å². The summed E-state index contributed by atoms with van der Waals surface area (Å²) in [5, 5.41) is 3.08. The van der Waals surface area contributed by atoms with E-state index in [1.165, 1.54) is 11.0 Å². The molecule has 1 N–H and O–H groups in total. The number of para-hydroxylation sites is 2. The molecule has 1 aliphatic rings. The summed E-state index contributed by atoms with van der Waals surface area (Å²) in [4.78, 5) is 38.3. The van der Waals surface area contributed by atoms with E-state index >= 15 is 0 Å². The van der Waals surface area contributed by atoms with Gasteiger partial charge in [-0.15, -0.1) is 0 Å². The van der Waals surface area contributed by atoms with Gasteiger partial charge >= 0.3 is 5.97 Å². The molecule has 0 unspecified atom stereocenters. The first-order valence-electron chi connectivity index (χ1n) is 8.92. The highest BCUT2D eigenvalue weighted by Gasteiger charge is 2.30. The highest BCUT2D eigenvalue weighted by molar-refractivity contribution is 6.15. The van der Waals surface area contributed by atoms with E-state index in [4.69, 9.17) is 4.74 Å². The predicted octanol–water partition coefficient (Wildman–Crippen LogP) is 3.44. The Kier molecular flexibility index (Phi) is 6.01. The minimum atomic E-state index is -0.591. The molecule has 28 heavy (non-hydrogen) atoms. The van der Waals surface area contributed by atoms with Crippen molar-refractivity contribution in [3.8, 4) is 0 Å². The number of rotatable bonds is 7. The maximum absolute atomic E-state index is 13.0. The summed E-state index contributed by atoms with van der Waals surface area (Å²) in [6, 6.07) is 18.3. The molecule has 0 fully saturated rings. The van der Waals surface area contributed by atoms with Crippen molar-refractivity contribution in [2.45, 2.75) is 13.3 Å². The number of anilines is 2. The number of benzene rings is 2. The molecule has 0 saturated carbocycles. The van der Waals surface area contributed by atoms with Crippen LogP contribution < -0.4 is 10.2 Å². The number of carbonyl (C=O) groups excluding carboxylic acids is 3. The Balaban J connectivity index is 1.90. The number of hydrogen-bond acceptors (Lipinski definition) is 5. The van der Waals surface area contributed by atoms with Gasteiger partial charge in [-0.05, 0) is 37.3 Å². The third-order valence-corrected chi connectivity index (χ3v) is 3.98. The normalized spacial score (nSPS) is 14.8. The first-order valence-corrected chi connectivity index (χ1v) is 8.92. The van der Waals surface area contributed by atoms with E-state index in [9.17, 15) is 14.4 Å². The van der Waals surface area contributed by atoms with E-state index in [-0.39, 0.29) is 18.9 Å². The molecule has 2 aromatic rings. The third-order valence-electron chi connectivity index (χ3n) is 3.98. The van der Waals surface area contributed by atoms with E-state index in [1.807, 2.05) is 48.5 Å². The predicted molar refractivity (Wildman–Crippen MR) is 106 cm³/mol. The number of hydrogen-bond donors (Lipinski definition) is 1. The molecule has 0 atom stereocenters. The smallest absolute Gasteiger partial charge is 0.313 e. The van der Waals surface area contributed by atoms with Crippen molar-refractivity contribution in [1.29, 1.82) is 0 Å². The molecule has 142 valence electrons. The summed E-state index contributed by atoms with van der Waals surface area (Å²) in [7, 11) is 0. The van der Waals surface area contributed by atoms with Crippen LogP contribution in [0.2, 0.25) is 0 Å². The van der Waals surface area contributed by atoms with Crippen LogP contribution >= 0.6 is 0 Å². The Labute approximate surface area is 163 Å². The van der Waals surface area contributed by atoms with Gasteiger partial charge in [0.05, 0.1) is 12.3 Å². The SMILES string of the molecule is CCOC(=O)CC(=O)/C=C1\C=C(Nc2ccccc2)C(=O)N1c1ccccc1. The van der Waals surface area contributed by atoms with Crippen LogP contribution in [0.5, 0.6) is 0 Å². The van der Waals surface area contributed by atoms with Gasteiger partial charge in [0.2, 0.25) is 0 Å². The maximum atomic E-state index is 13.0. The second-order valence-electron chi connectivity index (χ2n) is 6.04. The fourth-order valence-electron chi connectivity index (χ4n) is 2.80. The zero-order valence-electron chi connectivity index (χ0n) is 15.4. The molecule has 6 heteroatoms. The van der Waals surface area contributed by atoms with Crippen molar-refractivity contribution in [1.82, 2.24) is 0 Å². The Morgan fingerprint density at radius 1 is 1.04 bits per heavy atom. The van der Waals surface area contributed by atoms with Crippen molar-refractivity contribution in [3.63, 3.8) is 0 Å². The second-order valence-corrected chi connectivity index (χ2v) is 6.04. The highest BCUT2D eigenvalue weighted by Crippen LogP contribution is 2.29. The van der Waals surface area contributed by atoms with Crippen LogP contribution in [0, 0.1) is 0 Å². The molecule has 1 heterocycles. The Morgan fingerprint density at radius 2 is 1.68 bits per heavy atom. The van der Waals surface area contributed by atoms with Gasteiger partial charge in [-0.3, -0.25) is 19.3 Å². The summed E-state index contributed by atoms with van der Waals surface area (Å²) in [5.41, 5.74) is 2.12. The van der Waals surface area contributed by atoms with Gasteiger partial charge in [0.1, 0.15) is 12.1 Å². The van der Waals surface area contributed by atoms with Gasteiger partial charge in [-0.2, -0.15) is 0 Å². The Morgan fingerprint density at radius 3 is 2.32 bits per heavy atom. The number of ketones is 1. The van der Waals surface area contributed by atoms with E-state index < -0.39 is 11.8 Å². The monoisotopic (exact) mass is 376 g/mol. The van der Waals surface area contributed by atoms with E-state index in [0.29, 0.717) is 17.1 Å². The molecule has 6 nitrogen and oxygen atoms in total. The van der Waals surface area contributed by atoms with E-state index in [1.54, 1.807) is 25.1 Å². The molecule has 0 radical (unpaired) electrons. The zero-order valence-corrected chi connectivity index (χ0v) is 15.4. The lowest BCUT2D eigenvalue weighted by molar-refractivity contribution is -0.144. The Hall–Kier alpha value is -3.67. The van der Waals surface area contributed by atoms with Crippen LogP contribution in [0.1, 0.15) is 13.3 Å². The van der Waals surface area contributed by atoms with Crippen molar-refractivity contribution in [2.24, 2.45) is 0 Å². The minimum Gasteiger partial charge on any atom is -0.466 e. The molecule has 1 aliphatic heterocycles. The van der Waals surface area contributed by atoms with Crippen LogP contribution in [0.4, 0.5) is 11.4 Å². The molecule has 2 aromatic carbocycles. The first-order chi connectivity index (χ1) is 13.6. The van der Waals surface area contributed by atoms with Crippen molar-refractivity contribution in [3.05, 3.63) is 84.2 Å². The first kappa shape index (κ1) is 19.1. The summed E-state index contributed by atoms with van der Waals surface area (Å²) < 4.78 is 4.81. The fraction of sp³-hybridized carbons (Fsp3) is 0.136. The lowest BCUT2D eigenvalue weighted by Gasteiger charge is -2.19. The summed E-state index contributed by atoms with van der Waals surface area (Å²) in [6.45, 7) is 1.89. The molecule has 1 amide bonds. The number of allylic oxidation sites excluding steroid dienone is 2. The number of ether oxygens (including phenoxy) is 1. The van der Waals surface area contributed by atoms with Gasteiger partial charge in [-0.25, -0.2) is 0 Å². The highest BCUT2D eigenvalue weighted by atomic mass is 16.5. The number of esters is 1. The molecule has 0 aliphatic carbocycles. The summed E-state index contributed by atoms with van der Waals surface area (Å²) in [6.07, 6.45) is 2.52. The van der Waals surface area contributed by atoms with Crippen molar-refractivity contribution < 1.29 is 19.1 Å². The van der Waals surface area contributed by atoms with Crippen molar-refractivity contribution >= 4 is 29.0 Å². The van der Waals surface area contributed by atoms with Gasteiger partial charge in [-0.1, -0.05) is 36.4 Å². The van der Waals surface area contributed by atoms with Gasteiger partial charge in [0.25, 0.3) is 5.91 Å². The number of nitrogens with zero attached hydrogens (tertiary/aromatic N) is 1. The van der Waals surface area contributed by atoms with Crippen LogP contribution in [-0.2, 0) is 19.1 Å². The standard InChI is InChI=1S/C22H20N2O4/c1-2-28-21(26)15-19(25)13-18-14-20(23-16-9-5-3-6-10-16)22(27)24(18)17-11-7-4-8-12-17/h3-14,23H,2,15H2,1H3/b18-13+. The topological polar surface area (TPSA) is 75.7 Å². The van der Waals surface area contributed by atoms with E-state index in [0.717, 1.165) is 5.69 Å². The zero-order chi connectivity index (χ0) is 19.9. The molecular formula is C22H20N2O4. The maximum Gasteiger partial charge on any atom is 0.313 e. The average molecular weight is 376 g/mol. The fourth-order valence-corrected chi connectivity index (χ4v) is 2.80. The number of amides is 1. The minimum absolute atomic E-state index is 0.211. The number of nitrogens with one attached hydrogen (secondary N) is 1. The quantitative estimate of drug-likeness (QED) is 0.455. The van der Waals surface area contributed by atoms with E-state index in [2.05, 4.69) is 5.32 Å². The van der Waals surface area contributed by atoms with Gasteiger partial charge in [0.15, 0.2) is 5.78 Å². The lowest BCUT2D eigenvalue weighted by atomic mass is 10.2. The largest absolute Gasteiger partial charge is 0.466 e. The van der Waals surface area contributed by atoms with Crippen LogP contribution in [-0.4, -0.2) is 24.3 Å². The summed E-state index contributed by atoms with van der Waals surface area (Å²) in [5.74, 6) is -1.31. The molecular weight excluding hydrogens is 356 g/mol. The van der Waals surface area contributed by atoms with Gasteiger partial charge in [0, 0.05) is 17.5 Å². The molecule has 3 rings (SSSR count). The molecule has 0 spiro atoms. The summed E-state index contributed by atoms with van der Waals surface area (Å²) >= 11 is 0. The van der Waals surface area contributed by atoms with Gasteiger partial charge < -0.3 is 10.1 Å². The van der Waals surface area contributed by atoms with Crippen LogP contribution in [0.3, 0.4) is 0 Å². The van der Waals surface area contributed by atoms with Crippen LogP contribution in [0.15, 0.2) is 84.2 Å². The molecule has 0 bridgehead atoms. The third kappa shape index (κ3) is 4.54. The average Bonchev–Trinajstić information content (AvgIpc) is 2.98. The molecule has 0 aromatic heterocycles. The second kappa shape index (κ2) is 8.81. The number of carbonyl (C=O) groups is 3. The molecule has 0 saturated heterocycles. The van der Waals surface area contributed by atoms with Crippen LogP contribution in [0.25, 0.3) is 0 Å². The Bertz CT molecular complexity index is 934. The lowest BCUT2D eigenvalue weighted by Crippen LogP contribution is -2.27.